The van der Waals surface area contributed by atoms with Crippen molar-refractivity contribution in [3.63, 3.8) is 0 Å². The van der Waals surface area contributed by atoms with E-state index in [9.17, 15) is 4.79 Å². The van der Waals surface area contributed by atoms with E-state index in [0.717, 1.165) is 12.7 Å². The molecule has 0 saturated carbocycles. The Hall–Kier alpha value is -0.725. The minimum atomic E-state index is 0.273. The molecule has 0 aliphatic rings. The topological polar surface area (TPSA) is 37.3 Å². The van der Waals surface area contributed by atoms with Crippen molar-refractivity contribution >= 4 is 13.6 Å². The number of rotatable bonds is 5. The third kappa shape index (κ3) is 5.71. The maximum Gasteiger partial charge on any atom is 0.119 e. The average Bonchev–Trinajstić information content (AvgIpc) is 1.97. The Morgan fingerprint density at radius 1 is 1.64 bits per heavy atom. The monoisotopic (exact) mass is 153 g/mol. The van der Waals surface area contributed by atoms with Gasteiger partial charge >= 0.3 is 0 Å². The predicted molar refractivity (Wildman–Crippen MR) is 47.1 cm³/mol. The molecule has 0 aliphatic heterocycles. The highest BCUT2D eigenvalue weighted by molar-refractivity contribution is 6.36. The van der Waals surface area contributed by atoms with E-state index >= 15 is 0 Å². The molecule has 1 radical (unpaired) electrons. The van der Waals surface area contributed by atoms with Gasteiger partial charge in [-0.25, -0.2) is 0 Å². The van der Waals surface area contributed by atoms with Gasteiger partial charge in [-0.3, -0.25) is 0 Å². The summed E-state index contributed by atoms with van der Waals surface area (Å²) in [7, 11) is 1.98. The molecule has 1 N–H and O–H groups in total. The van der Waals surface area contributed by atoms with Gasteiger partial charge < -0.3 is 9.90 Å². The van der Waals surface area contributed by atoms with Gasteiger partial charge in [-0.05, 0) is 25.8 Å². The van der Waals surface area contributed by atoms with Crippen molar-refractivity contribution < 1.29 is 9.90 Å². The van der Waals surface area contributed by atoms with E-state index in [2.05, 4.69) is 0 Å². The van der Waals surface area contributed by atoms with Gasteiger partial charge in [0.25, 0.3) is 0 Å². The van der Waals surface area contributed by atoms with Crippen molar-refractivity contribution in [3.8, 4) is 0 Å². The minimum Gasteiger partial charge on any atom is -0.513 e. The molecule has 2 nitrogen and oxygen atoms in total. The first-order valence-electron chi connectivity index (χ1n) is 3.79. The fourth-order valence-corrected chi connectivity index (χ4v) is 0.814. The Balaban J connectivity index is 3.68. The molecule has 0 bridgehead atoms. The summed E-state index contributed by atoms with van der Waals surface area (Å²) in [5, 5.41) is 8.82. The van der Waals surface area contributed by atoms with E-state index in [1.807, 2.05) is 14.1 Å². The van der Waals surface area contributed by atoms with Crippen LogP contribution in [0.5, 0.6) is 0 Å². The van der Waals surface area contributed by atoms with Gasteiger partial charge in [0, 0.05) is 0 Å². The summed E-state index contributed by atoms with van der Waals surface area (Å²) in [5.74, 6) is 0.595. The normalized spacial score (nSPS) is 14.2. The maximum absolute atomic E-state index is 10.1. The lowest BCUT2D eigenvalue weighted by Gasteiger charge is -2.05. The lowest BCUT2D eigenvalue weighted by molar-refractivity contribution is -0.107. The van der Waals surface area contributed by atoms with Crippen LogP contribution in [0, 0.1) is 0 Å². The smallest absolute Gasteiger partial charge is 0.119 e. The molecule has 0 spiro atoms. The fraction of sp³-hybridized carbons (Fsp3) is 0.625. The summed E-state index contributed by atoms with van der Waals surface area (Å²) < 4.78 is 0. The van der Waals surface area contributed by atoms with E-state index in [4.69, 9.17) is 5.11 Å². The van der Waals surface area contributed by atoms with Crippen molar-refractivity contribution in [1.82, 2.24) is 0 Å². The van der Waals surface area contributed by atoms with Crippen LogP contribution in [0.4, 0.5) is 0 Å². The van der Waals surface area contributed by atoms with Gasteiger partial charge in [-0.15, -0.1) is 0 Å². The molecule has 11 heavy (non-hydrogen) atoms. The number of carbonyl (C=O) groups is 1. The predicted octanol–water partition coefficient (Wildman–Crippen LogP) is 1.97. The third-order valence-corrected chi connectivity index (χ3v) is 1.59. The second-order valence-electron chi connectivity index (χ2n) is 2.58. The van der Waals surface area contributed by atoms with Crippen LogP contribution in [0.25, 0.3) is 0 Å². The van der Waals surface area contributed by atoms with Gasteiger partial charge in [0.15, 0.2) is 0 Å². The Labute approximate surface area is 68.5 Å². The summed E-state index contributed by atoms with van der Waals surface area (Å²) in [6.07, 6.45) is 3.93. The first-order valence-corrected chi connectivity index (χ1v) is 3.79. The van der Waals surface area contributed by atoms with Crippen molar-refractivity contribution in [2.45, 2.75) is 32.4 Å². The molecule has 0 amide bonds. The summed E-state index contributed by atoms with van der Waals surface area (Å²) in [4.78, 5) is 10.1. The number of hydrogen-bond donors (Lipinski definition) is 1. The van der Waals surface area contributed by atoms with Crippen LogP contribution in [0.15, 0.2) is 11.8 Å². The highest BCUT2D eigenvalue weighted by atomic mass is 16.3. The lowest BCUT2D eigenvalue weighted by Crippen LogP contribution is -1.99. The van der Waals surface area contributed by atoms with Crippen molar-refractivity contribution in [1.29, 1.82) is 0 Å². The van der Waals surface area contributed by atoms with E-state index in [-0.39, 0.29) is 5.82 Å². The highest BCUT2D eigenvalue weighted by Crippen LogP contribution is 2.13. The zero-order valence-electron chi connectivity index (χ0n) is 7.08. The molecule has 1 unspecified atom stereocenters. The molecule has 0 rings (SSSR count). The molecule has 0 aromatic carbocycles. The zero-order valence-corrected chi connectivity index (χ0v) is 7.08. The summed E-state index contributed by atoms with van der Waals surface area (Å²) in [6, 6.07) is 0. The van der Waals surface area contributed by atoms with E-state index in [1.165, 1.54) is 0 Å². The number of carbonyl (C=O) groups excluding carboxylic acids is 1. The van der Waals surface area contributed by atoms with Crippen LogP contribution in [0.2, 0.25) is 12.6 Å². The standard InChI is InChI=1S/C8H14BO2/c1-7(11)3-4-8(9-2)5-6-10/h3,6,8,11H,4-5H2,1-2H3/b7-3+. The Morgan fingerprint density at radius 2 is 2.27 bits per heavy atom. The Kier molecular flexibility index (Phi) is 5.62. The summed E-state index contributed by atoms with van der Waals surface area (Å²) >= 11 is 0. The average molecular weight is 153 g/mol. The molecule has 61 valence electrons. The summed E-state index contributed by atoms with van der Waals surface area (Å²) in [6.45, 7) is 3.56. The lowest BCUT2D eigenvalue weighted by atomic mass is 9.64. The van der Waals surface area contributed by atoms with Gasteiger partial charge in [0.05, 0.1) is 5.76 Å². The molecule has 0 saturated heterocycles. The molecule has 0 aliphatic carbocycles. The first-order chi connectivity index (χ1) is 5.20. The van der Waals surface area contributed by atoms with Crippen molar-refractivity contribution in [2.24, 2.45) is 0 Å². The first kappa shape index (κ1) is 10.3. The SMILES string of the molecule is C[B]C(CC=O)C/C=C(\C)O. The molecule has 0 aromatic rings. The number of aldehydes is 1. The van der Waals surface area contributed by atoms with Crippen LogP contribution in [-0.2, 0) is 4.79 Å². The second-order valence-corrected chi connectivity index (χ2v) is 2.58. The van der Waals surface area contributed by atoms with E-state index in [1.54, 1.807) is 13.0 Å². The van der Waals surface area contributed by atoms with Crippen LogP contribution in [-0.4, -0.2) is 18.7 Å². The molecular weight excluding hydrogens is 139 g/mol. The van der Waals surface area contributed by atoms with Gasteiger partial charge in [-0.2, -0.15) is 0 Å². The summed E-state index contributed by atoms with van der Waals surface area (Å²) in [5.41, 5.74) is 0. The largest absolute Gasteiger partial charge is 0.513 e. The quantitative estimate of drug-likeness (QED) is 0.372. The number of hydrogen-bond acceptors (Lipinski definition) is 2. The molecule has 3 heteroatoms. The Bertz CT molecular complexity index is 139. The zero-order chi connectivity index (χ0) is 8.69. The maximum atomic E-state index is 10.1. The number of aliphatic hydroxyl groups excluding tert-OH is 1. The second kappa shape index (κ2) is 6.02. The van der Waals surface area contributed by atoms with Gasteiger partial charge in [0.1, 0.15) is 13.6 Å². The van der Waals surface area contributed by atoms with Gasteiger partial charge in [0.2, 0.25) is 0 Å². The van der Waals surface area contributed by atoms with Crippen LogP contribution >= 0.6 is 0 Å². The van der Waals surface area contributed by atoms with Crippen molar-refractivity contribution in [2.75, 3.05) is 0 Å². The molecular formula is C8H14BO2. The Morgan fingerprint density at radius 3 is 2.64 bits per heavy atom. The molecule has 0 aromatic heterocycles. The van der Waals surface area contributed by atoms with E-state index < -0.39 is 0 Å². The van der Waals surface area contributed by atoms with Crippen LogP contribution < -0.4 is 0 Å². The fourth-order valence-electron chi connectivity index (χ4n) is 0.814. The minimum absolute atomic E-state index is 0.273. The van der Waals surface area contributed by atoms with E-state index in [0.29, 0.717) is 12.2 Å². The van der Waals surface area contributed by atoms with Crippen molar-refractivity contribution in [3.05, 3.63) is 11.8 Å². The molecule has 1 atom stereocenters. The third-order valence-electron chi connectivity index (χ3n) is 1.59. The van der Waals surface area contributed by atoms with Crippen LogP contribution in [0.1, 0.15) is 19.8 Å². The highest BCUT2D eigenvalue weighted by Gasteiger charge is 2.03. The number of allylic oxidation sites excluding steroid dienone is 2. The van der Waals surface area contributed by atoms with Gasteiger partial charge in [-0.1, -0.05) is 12.6 Å². The molecule has 0 heterocycles. The number of aliphatic hydroxyl groups is 1. The van der Waals surface area contributed by atoms with Crippen LogP contribution in [0.3, 0.4) is 0 Å². The molecule has 0 fully saturated rings.